The third kappa shape index (κ3) is 3.08. The summed E-state index contributed by atoms with van der Waals surface area (Å²) in [4.78, 5) is 10.8. The van der Waals surface area contributed by atoms with E-state index in [9.17, 15) is 4.39 Å². The number of rotatable bonds is 4. The molecule has 0 atom stereocenters. The van der Waals surface area contributed by atoms with Crippen molar-refractivity contribution in [2.45, 2.75) is 20.0 Å². The number of halogens is 1. The van der Waals surface area contributed by atoms with E-state index in [0.29, 0.717) is 30.1 Å². The Morgan fingerprint density at radius 1 is 1.23 bits per heavy atom. The fraction of sp³-hybridized carbons (Fsp3) is 0.389. The van der Waals surface area contributed by atoms with E-state index in [-0.39, 0.29) is 11.9 Å². The monoisotopic (exact) mass is 357 g/mol. The number of aromatic amines is 1. The summed E-state index contributed by atoms with van der Waals surface area (Å²) in [5.41, 5.74) is 1.89. The van der Waals surface area contributed by atoms with Crippen LogP contribution in [0.15, 0.2) is 24.5 Å². The minimum Gasteiger partial charge on any atom is -0.488 e. The van der Waals surface area contributed by atoms with Crippen LogP contribution < -0.4 is 9.64 Å². The second-order valence-corrected chi connectivity index (χ2v) is 6.40. The SMILES string of the molecule is CC(C)Oc1ccc(-c2n[nH]c3ncnc(N4CCOCC4)c23)cc1F. The van der Waals surface area contributed by atoms with Crippen LogP contribution in [0, 0.1) is 5.82 Å². The molecule has 1 N–H and O–H groups in total. The molecule has 1 aromatic carbocycles. The Balaban J connectivity index is 1.78. The average molecular weight is 357 g/mol. The lowest BCUT2D eigenvalue weighted by Crippen LogP contribution is -2.36. The summed E-state index contributed by atoms with van der Waals surface area (Å²) in [5, 5.41) is 8.06. The van der Waals surface area contributed by atoms with Crippen molar-refractivity contribution in [1.29, 1.82) is 0 Å². The first-order valence-corrected chi connectivity index (χ1v) is 8.62. The predicted molar refractivity (Wildman–Crippen MR) is 95.9 cm³/mol. The summed E-state index contributed by atoms with van der Waals surface area (Å²) in [6.45, 7) is 6.50. The average Bonchev–Trinajstić information content (AvgIpc) is 3.08. The standard InChI is InChI=1S/C18H20FN5O2/c1-11(2)26-14-4-3-12(9-13(14)19)16-15-17(23-22-16)20-10-21-18(15)24-5-7-25-8-6-24/h3-4,9-11H,5-8H2,1-2H3,(H,20,21,22,23). The van der Waals surface area contributed by atoms with Crippen LogP contribution in [0.5, 0.6) is 5.75 Å². The van der Waals surface area contributed by atoms with Crippen molar-refractivity contribution in [2.75, 3.05) is 31.2 Å². The molecular weight excluding hydrogens is 337 g/mol. The van der Waals surface area contributed by atoms with Crippen molar-refractivity contribution >= 4 is 16.9 Å². The number of nitrogens with zero attached hydrogens (tertiary/aromatic N) is 4. The van der Waals surface area contributed by atoms with Gasteiger partial charge in [0, 0.05) is 18.7 Å². The quantitative estimate of drug-likeness (QED) is 0.774. The number of H-pyrrole nitrogens is 1. The van der Waals surface area contributed by atoms with Gasteiger partial charge in [-0.25, -0.2) is 14.4 Å². The third-order valence-electron chi connectivity index (χ3n) is 4.22. The van der Waals surface area contributed by atoms with Crippen molar-refractivity contribution in [3.8, 4) is 17.0 Å². The van der Waals surface area contributed by atoms with Crippen LogP contribution in [0.3, 0.4) is 0 Å². The van der Waals surface area contributed by atoms with Gasteiger partial charge in [-0.3, -0.25) is 5.10 Å². The van der Waals surface area contributed by atoms with Gasteiger partial charge in [0.15, 0.2) is 17.2 Å². The first-order chi connectivity index (χ1) is 12.6. The molecule has 2 aromatic heterocycles. The number of anilines is 1. The predicted octanol–water partition coefficient (Wildman–Crippen LogP) is 2.78. The number of ether oxygens (including phenoxy) is 2. The van der Waals surface area contributed by atoms with Gasteiger partial charge in [0.1, 0.15) is 17.8 Å². The number of benzene rings is 1. The lowest BCUT2D eigenvalue weighted by atomic mass is 10.1. The molecule has 0 amide bonds. The number of hydrogen-bond acceptors (Lipinski definition) is 6. The first kappa shape index (κ1) is 16.7. The molecule has 1 aliphatic heterocycles. The Morgan fingerprint density at radius 3 is 2.77 bits per heavy atom. The van der Waals surface area contributed by atoms with E-state index in [0.717, 1.165) is 24.3 Å². The summed E-state index contributed by atoms with van der Waals surface area (Å²) >= 11 is 0. The molecule has 4 rings (SSSR count). The normalized spacial score (nSPS) is 15.0. The molecule has 0 aliphatic carbocycles. The van der Waals surface area contributed by atoms with Gasteiger partial charge in [-0.15, -0.1) is 0 Å². The van der Waals surface area contributed by atoms with Crippen molar-refractivity contribution in [2.24, 2.45) is 0 Å². The molecule has 0 bridgehead atoms. The topological polar surface area (TPSA) is 76.2 Å². The highest BCUT2D eigenvalue weighted by Crippen LogP contribution is 2.33. The molecular formula is C18H20FN5O2. The maximum absolute atomic E-state index is 14.4. The van der Waals surface area contributed by atoms with Crippen LogP contribution in [-0.4, -0.2) is 52.6 Å². The van der Waals surface area contributed by atoms with Gasteiger partial charge in [0.05, 0.1) is 24.7 Å². The summed E-state index contributed by atoms with van der Waals surface area (Å²) in [5.74, 6) is 0.593. The zero-order chi connectivity index (χ0) is 18.1. The van der Waals surface area contributed by atoms with Gasteiger partial charge in [0.25, 0.3) is 0 Å². The minimum absolute atomic E-state index is 0.0945. The van der Waals surface area contributed by atoms with E-state index in [1.54, 1.807) is 12.1 Å². The Hall–Kier alpha value is -2.74. The van der Waals surface area contributed by atoms with Crippen molar-refractivity contribution in [1.82, 2.24) is 20.2 Å². The number of fused-ring (bicyclic) bond motifs is 1. The van der Waals surface area contributed by atoms with Gasteiger partial charge < -0.3 is 14.4 Å². The lowest BCUT2D eigenvalue weighted by Gasteiger charge is -2.28. The molecule has 3 heterocycles. The molecule has 136 valence electrons. The van der Waals surface area contributed by atoms with Gasteiger partial charge in [-0.1, -0.05) is 0 Å². The van der Waals surface area contributed by atoms with Crippen molar-refractivity contribution < 1.29 is 13.9 Å². The molecule has 1 aliphatic rings. The molecule has 0 saturated carbocycles. The van der Waals surface area contributed by atoms with Crippen LogP contribution in [0.2, 0.25) is 0 Å². The molecule has 3 aromatic rings. The molecule has 0 radical (unpaired) electrons. The molecule has 7 nitrogen and oxygen atoms in total. The van der Waals surface area contributed by atoms with E-state index in [1.807, 2.05) is 13.8 Å². The van der Waals surface area contributed by atoms with E-state index < -0.39 is 5.82 Å². The maximum Gasteiger partial charge on any atom is 0.165 e. The number of nitrogens with one attached hydrogen (secondary N) is 1. The molecule has 8 heteroatoms. The van der Waals surface area contributed by atoms with E-state index >= 15 is 0 Å². The molecule has 1 saturated heterocycles. The van der Waals surface area contributed by atoms with Crippen molar-refractivity contribution in [3.05, 3.63) is 30.3 Å². The highest BCUT2D eigenvalue weighted by molar-refractivity contribution is 5.99. The zero-order valence-corrected chi connectivity index (χ0v) is 14.7. The smallest absolute Gasteiger partial charge is 0.165 e. The largest absolute Gasteiger partial charge is 0.488 e. The number of morpholine rings is 1. The highest BCUT2D eigenvalue weighted by atomic mass is 19.1. The highest BCUT2D eigenvalue weighted by Gasteiger charge is 2.21. The molecule has 0 spiro atoms. The van der Waals surface area contributed by atoms with Gasteiger partial charge in [0.2, 0.25) is 0 Å². The van der Waals surface area contributed by atoms with Crippen molar-refractivity contribution in [3.63, 3.8) is 0 Å². The fourth-order valence-electron chi connectivity index (χ4n) is 3.07. The van der Waals surface area contributed by atoms with Gasteiger partial charge in [-0.2, -0.15) is 5.10 Å². The molecule has 0 unspecified atom stereocenters. The maximum atomic E-state index is 14.4. The summed E-state index contributed by atoms with van der Waals surface area (Å²) in [7, 11) is 0. The Labute approximate surface area is 150 Å². The Morgan fingerprint density at radius 2 is 2.04 bits per heavy atom. The second kappa shape index (κ2) is 6.87. The third-order valence-corrected chi connectivity index (χ3v) is 4.22. The lowest BCUT2D eigenvalue weighted by molar-refractivity contribution is 0.122. The van der Waals surface area contributed by atoms with Crippen LogP contribution in [0.1, 0.15) is 13.8 Å². The Kier molecular flexibility index (Phi) is 4.42. The summed E-state index contributed by atoms with van der Waals surface area (Å²) < 4.78 is 25.3. The molecule has 26 heavy (non-hydrogen) atoms. The summed E-state index contributed by atoms with van der Waals surface area (Å²) in [6, 6.07) is 4.86. The van der Waals surface area contributed by atoms with Gasteiger partial charge >= 0.3 is 0 Å². The second-order valence-electron chi connectivity index (χ2n) is 6.40. The number of aromatic nitrogens is 4. The molecule has 1 fully saturated rings. The summed E-state index contributed by atoms with van der Waals surface area (Å²) in [6.07, 6.45) is 1.41. The van der Waals surface area contributed by atoms with E-state index in [4.69, 9.17) is 9.47 Å². The minimum atomic E-state index is -0.419. The van der Waals surface area contributed by atoms with Crippen LogP contribution in [0.4, 0.5) is 10.2 Å². The number of hydrogen-bond donors (Lipinski definition) is 1. The van der Waals surface area contributed by atoms with Crippen LogP contribution in [-0.2, 0) is 4.74 Å². The van der Waals surface area contributed by atoms with Crippen LogP contribution >= 0.6 is 0 Å². The Bertz CT molecular complexity index is 921. The fourth-order valence-corrected chi connectivity index (χ4v) is 3.07. The van der Waals surface area contributed by atoms with Crippen LogP contribution in [0.25, 0.3) is 22.3 Å². The first-order valence-electron chi connectivity index (χ1n) is 8.62. The zero-order valence-electron chi connectivity index (χ0n) is 14.7. The van der Waals surface area contributed by atoms with Gasteiger partial charge in [-0.05, 0) is 32.0 Å². The van der Waals surface area contributed by atoms with E-state index in [2.05, 4.69) is 25.1 Å². The van der Waals surface area contributed by atoms with E-state index in [1.165, 1.54) is 12.4 Å².